The van der Waals surface area contributed by atoms with Crippen LogP contribution < -0.4 is 5.46 Å². The van der Waals surface area contributed by atoms with Gasteiger partial charge in [0.15, 0.2) is 34.9 Å². The molecule has 0 aliphatic heterocycles. The average molecular weight is 852 g/mol. The molecule has 3 heterocycles. The lowest BCUT2D eigenvalue weighted by Gasteiger charge is -2.19. The van der Waals surface area contributed by atoms with Crippen molar-refractivity contribution >= 4 is 40.7 Å². The Hall–Kier alpha value is -8.30. The lowest BCUT2D eigenvalue weighted by molar-refractivity contribution is 0.475. The van der Waals surface area contributed by atoms with Gasteiger partial charge in [0.25, 0.3) is 0 Å². The second kappa shape index (κ2) is 16.7. The summed E-state index contributed by atoms with van der Waals surface area (Å²) < 4.78 is 2.30. The number of hydrogen-bond acceptors (Lipinski definition) is 7. The molecule has 314 valence electrons. The van der Waals surface area contributed by atoms with Crippen molar-refractivity contribution in [3.63, 3.8) is 0 Å². The Morgan fingerprint density at radius 3 is 1.65 bits per heavy atom. The van der Waals surface area contributed by atoms with Crippen molar-refractivity contribution in [1.29, 1.82) is 0 Å². The second-order valence-electron chi connectivity index (χ2n) is 16.6. The van der Waals surface area contributed by atoms with Gasteiger partial charge < -0.3 is 9.67 Å². The van der Waals surface area contributed by atoms with Gasteiger partial charge in [-0.2, -0.15) is 0 Å². The second-order valence-corrected chi connectivity index (χ2v) is 16.6. The van der Waals surface area contributed by atoms with Crippen LogP contribution in [-0.2, 0) is 0 Å². The van der Waals surface area contributed by atoms with E-state index < -0.39 is 0 Å². The molecule has 0 amide bonds. The fourth-order valence-electron chi connectivity index (χ4n) is 9.17. The summed E-state index contributed by atoms with van der Waals surface area (Å²) in [6.07, 6.45) is 8.33. The highest BCUT2D eigenvalue weighted by atomic mass is 16.3. The molecule has 0 atom stereocenters. The molecular weight excluding hydrogens is 809 g/mol. The summed E-state index contributed by atoms with van der Waals surface area (Å²) in [5.74, 6) is 3.43. The average Bonchev–Trinajstić information content (AvgIpc) is 3.73. The summed E-state index contributed by atoms with van der Waals surface area (Å²) in [5, 5.41) is 13.4. The molecule has 7 aromatic carbocycles. The zero-order chi connectivity index (χ0) is 44.9. The molecular formula is C57H42BN7O. The van der Waals surface area contributed by atoms with Crippen LogP contribution in [-0.4, -0.2) is 47.4 Å². The smallest absolute Gasteiger partial charge is 0.166 e. The SMILES string of the molecule is [B]c1c(C)c(C)c(-c2cccc3c2c2ccccc2n3-c2ccc(-c3nc(-c4ccccc4)nc(-c4ccccc4)n3)cc2-c2nc(C3=CCCC=C3)nc(-c3ccccc3)n2)c(C)c1O. The van der Waals surface area contributed by atoms with Crippen molar-refractivity contribution in [2.75, 3.05) is 0 Å². The first-order chi connectivity index (χ1) is 32.3. The van der Waals surface area contributed by atoms with Gasteiger partial charge in [0.2, 0.25) is 0 Å². The van der Waals surface area contributed by atoms with Gasteiger partial charge in [0.1, 0.15) is 13.6 Å². The van der Waals surface area contributed by atoms with Gasteiger partial charge >= 0.3 is 0 Å². The van der Waals surface area contributed by atoms with E-state index in [-0.39, 0.29) is 5.75 Å². The molecule has 8 nitrogen and oxygen atoms in total. The van der Waals surface area contributed by atoms with Gasteiger partial charge in [0, 0.05) is 44.2 Å². The number of hydrogen-bond donors (Lipinski definition) is 1. The van der Waals surface area contributed by atoms with E-state index in [4.69, 9.17) is 37.8 Å². The summed E-state index contributed by atoms with van der Waals surface area (Å²) in [7, 11) is 6.43. The Morgan fingerprint density at radius 1 is 0.485 bits per heavy atom. The maximum absolute atomic E-state index is 11.3. The van der Waals surface area contributed by atoms with Gasteiger partial charge in [-0.3, -0.25) is 0 Å². The maximum atomic E-state index is 11.3. The van der Waals surface area contributed by atoms with Crippen LogP contribution in [0.3, 0.4) is 0 Å². The Morgan fingerprint density at radius 2 is 1.03 bits per heavy atom. The summed E-state index contributed by atoms with van der Waals surface area (Å²) in [5.41, 5.74) is 13.0. The summed E-state index contributed by atoms with van der Waals surface area (Å²) in [6, 6.07) is 51.2. The van der Waals surface area contributed by atoms with E-state index in [2.05, 4.69) is 90.4 Å². The van der Waals surface area contributed by atoms with Crippen LogP contribution in [0.1, 0.15) is 35.4 Å². The van der Waals surface area contributed by atoms with Gasteiger partial charge in [-0.1, -0.05) is 151 Å². The number of phenolic OH excluding ortho intramolecular Hbond substituents is 1. The molecule has 9 heteroatoms. The van der Waals surface area contributed by atoms with Crippen molar-refractivity contribution < 1.29 is 5.11 Å². The molecule has 1 N–H and O–H groups in total. The van der Waals surface area contributed by atoms with E-state index in [0.717, 1.165) is 102 Å². The number of aromatic hydroxyl groups is 1. The number of para-hydroxylation sites is 1. The normalized spacial score (nSPS) is 12.5. The maximum Gasteiger partial charge on any atom is 0.166 e. The lowest BCUT2D eigenvalue weighted by atomic mass is 9.80. The third kappa shape index (κ3) is 7.06. The van der Waals surface area contributed by atoms with Crippen LogP contribution in [0, 0.1) is 20.8 Å². The predicted molar refractivity (Wildman–Crippen MR) is 268 cm³/mol. The fraction of sp³-hybridized carbons (Fsp3) is 0.0877. The highest BCUT2D eigenvalue weighted by Gasteiger charge is 2.25. The number of nitrogens with zero attached hydrogens (tertiary/aromatic N) is 7. The quantitative estimate of drug-likeness (QED) is 0.152. The molecule has 1 aliphatic rings. The minimum atomic E-state index is 0.110. The van der Waals surface area contributed by atoms with Crippen molar-refractivity contribution in [1.82, 2.24) is 34.5 Å². The number of rotatable bonds is 8. The predicted octanol–water partition coefficient (Wildman–Crippen LogP) is 12.3. The third-order valence-electron chi connectivity index (χ3n) is 12.7. The van der Waals surface area contributed by atoms with E-state index in [1.807, 2.05) is 105 Å². The van der Waals surface area contributed by atoms with Crippen LogP contribution in [0.2, 0.25) is 0 Å². The third-order valence-corrected chi connectivity index (χ3v) is 12.7. The molecule has 66 heavy (non-hydrogen) atoms. The number of allylic oxidation sites excluding steroid dienone is 4. The molecule has 0 bridgehead atoms. The molecule has 0 spiro atoms. The van der Waals surface area contributed by atoms with Crippen LogP contribution in [0.15, 0.2) is 170 Å². The van der Waals surface area contributed by atoms with Gasteiger partial charge in [-0.05, 0) is 86.2 Å². The van der Waals surface area contributed by atoms with Gasteiger partial charge in [-0.25, -0.2) is 29.9 Å². The molecule has 0 saturated carbocycles. The standard InChI is InChI=1S/C57H42BN7O/c1-34-35(2)50(58)51(66)36(3)48(34)43-28-18-30-47-49(43)42-27-16-17-29-45(42)65(47)46-32-31-41(56-61-52(37-19-8-4-9-20-37)59-53(62-56)38-21-10-5-11-22-38)33-44(46)57-63-54(39-23-12-6-13-24-39)60-55(64-57)40-25-14-7-15-26-40/h4-6,8-14,16-33,66H,7,15H2,1-3H3. The molecule has 0 saturated heterocycles. The lowest BCUT2D eigenvalue weighted by Crippen LogP contribution is -2.12. The first kappa shape index (κ1) is 40.5. The van der Waals surface area contributed by atoms with Gasteiger partial charge in [0.05, 0.1) is 16.7 Å². The number of fused-ring (bicyclic) bond motifs is 3. The fourth-order valence-corrected chi connectivity index (χ4v) is 9.17. The number of aromatic nitrogens is 7. The minimum Gasteiger partial charge on any atom is -0.508 e. The first-order valence-corrected chi connectivity index (χ1v) is 22.1. The van der Waals surface area contributed by atoms with Crippen molar-refractivity contribution in [2.45, 2.75) is 33.6 Å². The van der Waals surface area contributed by atoms with Crippen LogP contribution >= 0.6 is 0 Å². The topological polar surface area (TPSA) is 102 Å². The van der Waals surface area contributed by atoms with E-state index in [1.165, 1.54) is 0 Å². The van der Waals surface area contributed by atoms with E-state index in [1.54, 1.807) is 0 Å². The van der Waals surface area contributed by atoms with Crippen LogP contribution in [0.4, 0.5) is 0 Å². The Bertz CT molecular complexity index is 3500. The molecule has 0 fully saturated rings. The molecule has 1 aliphatic carbocycles. The Labute approximate surface area is 384 Å². The van der Waals surface area contributed by atoms with Crippen molar-refractivity contribution in [2.24, 2.45) is 0 Å². The minimum absolute atomic E-state index is 0.110. The van der Waals surface area contributed by atoms with Crippen molar-refractivity contribution in [3.05, 3.63) is 192 Å². The number of benzene rings is 7. The zero-order valence-electron chi connectivity index (χ0n) is 36.7. The Kier molecular flexibility index (Phi) is 10.2. The highest BCUT2D eigenvalue weighted by Crippen LogP contribution is 2.44. The van der Waals surface area contributed by atoms with Crippen LogP contribution in [0.25, 0.3) is 101 Å². The molecule has 0 unspecified atom stereocenters. The van der Waals surface area contributed by atoms with Crippen LogP contribution in [0.5, 0.6) is 5.75 Å². The first-order valence-electron chi connectivity index (χ1n) is 22.1. The summed E-state index contributed by atoms with van der Waals surface area (Å²) in [6.45, 7) is 5.99. The van der Waals surface area contributed by atoms with E-state index >= 15 is 0 Å². The largest absolute Gasteiger partial charge is 0.508 e. The highest BCUT2D eigenvalue weighted by molar-refractivity contribution is 6.36. The molecule has 3 aromatic heterocycles. The molecule has 2 radical (unpaired) electrons. The van der Waals surface area contributed by atoms with E-state index in [9.17, 15) is 5.11 Å². The van der Waals surface area contributed by atoms with E-state index in [0.29, 0.717) is 40.4 Å². The number of phenols is 1. The Balaban J connectivity index is 1.22. The van der Waals surface area contributed by atoms with Crippen molar-refractivity contribution in [3.8, 4) is 79.5 Å². The summed E-state index contributed by atoms with van der Waals surface area (Å²) >= 11 is 0. The van der Waals surface area contributed by atoms with Gasteiger partial charge in [-0.15, -0.1) is 0 Å². The zero-order valence-corrected chi connectivity index (χ0v) is 36.7. The summed E-state index contributed by atoms with van der Waals surface area (Å²) in [4.78, 5) is 31.0. The molecule has 11 rings (SSSR count). The molecule has 10 aromatic rings. The monoisotopic (exact) mass is 851 g/mol.